The Morgan fingerprint density at radius 1 is 1.31 bits per heavy atom. The SMILES string of the molecule is O=C(c1ccc[nH]1)N1C2CCNCC1CC2. The van der Waals surface area contributed by atoms with Gasteiger partial charge in [-0.2, -0.15) is 0 Å². The van der Waals surface area contributed by atoms with E-state index in [0.717, 1.165) is 31.6 Å². The minimum absolute atomic E-state index is 0.168. The molecule has 2 aliphatic rings. The van der Waals surface area contributed by atoms with Crippen LogP contribution in [0.2, 0.25) is 0 Å². The molecule has 2 unspecified atom stereocenters. The molecule has 2 saturated heterocycles. The highest BCUT2D eigenvalue weighted by Gasteiger charge is 2.38. The number of carbonyl (C=O) groups is 1. The van der Waals surface area contributed by atoms with Gasteiger partial charge in [0.15, 0.2) is 0 Å². The Kier molecular flexibility index (Phi) is 2.44. The van der Waals surface area contributed by atoms with Crippen molar-refractivity contribution >= 4 is 5.91 Å². The number of fused-ring (bicyclic) bond motifs is 2. The number of rotatable bonds is 1. The first-order valence-corrected chi connectivity index (χ1v) is 6.03. The predicted molar refractivity (Wildman–Crippen MR) is 61.3 cm³/mol. The van der Waals surface area contributed by atoms with Gasteiger partial charge in [-0.3, -0.25) is 4.79 Å². The van der Waals surface area contributed by atoms with Gasteiger partial charge in [-0.1, -0.05) is 0 Å². The number of nitrogens with one attached hydrogen (secondary N) is 2. The maximum atomic E-state index is 12.3. The van der Waals surface area contributed by atoms with Crippen molar-refractivity contribution in [3.05, 3.63) is 24.0 Å². The maximum Gasteiger partial charge on any atom is 0.270 e. The van der Waals surface area contributed by atoms with Gasteiger partial charge in [-0.15, -0.1) is 0 Å². The summed E-state index contributed by atoms with van der Waals surface area (Å²) in [5.74, 6) is 0.168. The molecule has 2 bridgehead atoms. The monoisotopic (exact) mass is 219 g/mol. The molecule has 2 fully saturated rings. The number of nitrogens with zero attached hydrogens (tertiary/aromatic N) is 1. The first-order chi connectivity index (χ1) is 7.86. The lowest BCUT2D eigenvalue weighted by Crippen LogP contribution is -2.42. The van der Waals surface area contributed by atoms with Crippen LogP contribution in [0.1, 0.15) is 29.8 Å². The Labute approximate surface area is 95.0 Å². The lowest BCUT2D eigenvalue weighted by atomic mass is 10.1. The molecule has 3 heterocycles. The van der Waals surface area contributed by atoms with E-state index < -0.39 is 0 Å². The summed E-state index contributed by atoms with van der Waals surface area (Å²) in [6, 6.07) is 4.57. The number of hydrogen-bond donors (Lipinski definition) is 2. The number of amides is 1. The fourth-order valence-electron chi connectivity index (χ4n) is 2.92. The Morgan fingerprint density at radius 3 is 3.00 bits per heavy atom. The van der Waals surface area contributed by atoms with Crippen LogP contribution in [-0.4, -0.2) is 41.0 Å². The molecule has 16 heavy (non-hydrogen) atoms. The predicted octanol–water partition coefficient (Wildman–Crippen LogP) is 0.981. The Bertz CT molecular complexity index is 360. The van der Waals surface area contributed by atoms with E-state index >= 15 is 0 Å². The molecule has 0 spiro atoms. The fourth-order valence-corrected chi connectivity index (χ4v) is 2.92. The molecule has 3 rings (SSSR count). The molecule has 2 N–H and O–H groups in total. The van der Waals surface area contributed by atoms with Crippen LogP contribution < -0.4 is 5.32 Å². The molecule has 2 atom stereocenters. The Morgan fingerprint density at radius 2 is 2.19 bits per heavy atom. The molecule has 0 saturated carbocycles. The van der Waals surface area contributed by atoms with Crippen molar-refractivity contribution < 1.29 is 4.79 Å². The number of aromatic nitrogens is 1. The summed E-state index contributed by atoms with van der Waals surface area (Å²) in [6.07, 6.45) is 5.21. The van der Waals surface area contributed by atoms with E-state index in [-0.39, 0.29) is 5.91 Å². The standard InChI is InChI=1S/C12H17N3O/c16-12(11-2-1-6-14-11)15-9-3-4-10(15)8-13-7-5-9/h1-2,6,9-10,13-14H,3-5,7-8H2. The second kappa shape index (κ2) is 3.94. The molecular weight excluding hydrogens is 202 g/mol. The molecule has 2 aliphatic heterocycles. The van der Waals surface area contributed by atoms with E-state index in [4.69, 9.17) is 0 Å². The number of carbonyl (C=O) groups excluding carboxylic acids is 1. The summed E-state index contributed by atoms with van der Waals surface area (Å²) in [7, 11) is 0. The molecule has 1 amide bonds. The van der Waals surface area contributed by atoms with Crippen LogP contribution in [0.5, 0.6) is 0 Å². The quantitative estimate of drug-likeness (QED) is 0.739. The average Bonchev–Trinajstić information content (AvgIpc) is 2.84. The van der Waals surface area contributed by atoms with E-state index in [2.05, 4.69) is 15.2 Å². The van der Waals surface area contributed by atoms with Crippen LogP contribution in [0, 0.1) is 0 Å². The van der Waals surface area contributed by atoms with Gasteiger partial charge >= 0.3 is 0 Å². The van der Waals surface area contributed by atoms with Gasteiger partial charge < -0.3 is 15.2 Å². The first kappa shape index (κ1) is 9.90. The van der Waals surface area contributed by atoms with E-state index in [1.54, 1.807) is 0 Å². The van der Waals surface area contributed by atoms with Gasteiger partial charge in [0, 0.05) is 24.8 Å². The average molecular weight is 219 g/mol. The molecule has 86 valence electrons. The smallest absolute Gasteiger partial charge is 0.270 e. The third-order valence-corrected chi connectivity index (χ3v) is 3.72. The second-order valence-corrected chi connectivity index (χ2v) is 4.67. The highest BCUT2D eigenvalue weighted by atomic mass is 16.2. The number of hydrogen-bond acceptors (Lipinski definition) is 2. The molecule has 4 nitrogen and oxygen atoms in total. The van der Waals surface area contributed by atoms with Crippen LogP contribution in [0.4, 0.5) is 0 Å². The normalized spacial score (nSPS) is 29.1. The maximum absolute atomic E-state index is 12.3. The summed E-state index contributed by atoms with van der Waals surface area (Å²) >= 11 is 0. The van der Waals surface area contributed by atoms with Crippen LogP contribution in [-0.2, 0) is 0 Å². The number of aromatic amines is 1. The van der Waals surface area contributed by atoms with Crippen LogP contribution in [0.25, 0.3) is 0 Å². The van der Waals surface area contributed by atoms with Crippen molar-refractivity contribution in [3.63, 3.8) is 0 Å². The van der Waals surface area contributed by atoms with Gasteiger partial charge in [0.05, 0.1) is 0 Å². The van der Waals surface area contributed by atoms with Gasteiger partial charge in [-0.25, -0.2) is 0 Å². The minimum atomic E-state index is 0.168. The zero-order chi connectivity index (χ0) is 11.0. The van der Waals surface area contributed by atoms with Crippen molar-refractivity contribution in [1.82, 2.24) is 15.2 Å². The Balaban J connectivity index is 1.85. The van der Waals surface area contributed by atoms with Crippen molar-refractivity contribution in [2.75, 3.05) is 13.1 Å². The first-order valence-electron chi connectivity index (χ1n) is 6.03. The van der Waals surface area contributed by atoms with Crippen LogP contribution in [0.15, 0.2) is 18.3 Å². The molecule has 0 radical (unpaired) electrons. The molecule has 4 heteroatoms. The second-order valence-electron chi connectivity index (χ2n) is 4.67. The van der Waals surface area contributed by atoms with E-state index in [9.17, 15) is 4.79 Å². The van der Waals surface area contributed by atoms with Gasteiger partial charge in [0.25, 0.3) is 5.91 Å². The van der Waals surface area contributed by atoms with Gasteiger partial charge in [-0.05, 0) is 37.9 Å². The van der Waals surface area contributed by atoms with E-state index in [1.165, 1.54) is 6.42 Å². The lowest BCUT2D eigenvalue weighted by Gasteiger charge is -2.27. The highest BCUT2D eigenvalue weighted by molar-refractivity contribution is 5.93. The van der Waals surface area contributed by atoms with Crippen molar-refractivity contribution in [3.8, 4) is 0 Å². The number of H-pyrrole nitrogens is 1. The van der Waals surface area contributed by atoms with Crippen LogP contribution >= 0.6 is 0 Å². The lowest BCUT2D eigenvalue weighted by molar-refractivity contribution is 0.0675. The summed E-state index contributed by atoms with van der Waals surface area (Å²) < 4.78 is 0. The third kappa shape index (κ3) is 1.53. The van der Waals surface area contributed by atoms with E-state index in [0.29, 0.717) is 12.1 Å². The summed E-state index contributed by atoms with van der Waals surface area (Å²) in [6.45, 7) is 1.98. The molecular formula is C12H17N3O. The topological polar surface area (TPSA) is 48.1 Å². The summed E-state index contributed by atoms with van der Waals surface area (Å²) in [4.78, 5) is 17.4. The van der Waals surface area contributed by atoms with Crippen molar-refractivity contribution in [2.45, 2.75) is 31.3 Å². The molecule has 1 aromatic rings. The zero-order valence-corrected chi connectivity index (χ0v) is 9.28. The zero-order valence-electron chi connectivity index (χ0n) is 9.28. The summed E-state index contributed by atoms with van der Waals surface area (Å²) in [5.41, 5.74) is 0.721. The molecule has 0 aliphatic carbocycles. The third-order valence-electron chi connectivity index (χ3n) is 3.72. The molecule has 1 aromatic heterocycles. The minimum Gasteiger partial charge on any atom is -0.357 e. The van der Waals surface area contributed by atoms with E-state index in [1.807, 2.05) is 18.3 Å². The Hall–Kier alpha value is -1.29. The summed E-state index contributed by atoms with van der Waals surface area (Å²) in [5, 5.41) is 3.40. The molecule has 0 aromatic carbocycles. The largest absolute Gasteiger partial charge is 0.357 e. The van der Waals surface area contributed by atoms with Crippen LogP contribution in [0.3, 0.4) is 0 Å². The highest BCUT2D eigenvalue weighted by Crippen LogP contribution is 2.29. The fraction of sp³-hybridized carbons (Fsp3) is 0.583. The van der Waals surface area contributed by atoms with Gasteiger partial charge in [0.2, 0.25) is 0 Å². The van der Waals surface area contributed by atoms with Gasteiger partial charge in [0.1, 0.15) is 5.69 Å². The van der Waals surface area contributed by atoms with Crippen molar-refractivity contribution in [1.29, 1.82) is 0 Å². The van der Waals surface area contributed by atoms with Crippen molar-refractivity contribution in [2.24, 2.45) is 0 Å².